The zero-order valence-corrected chi connectivity index (χ0v) is 22.5. The largest absolute Gasteiger partial charge is 0.377 e. The molecule has 38 heavy (non-hydrogen) atoms. The summed E-state index contributed by atoms with van der Waals surface area (Å²) < 4.78 is 11.2. The van der Waals surface area contributed by atoms with Crippen LogP contribution in [0.15, 0.2) is 24.3 Å². The summed E-state index contributed by atoms with van der Waals surface area (Å²) in [5, 5.41) is 3.15. The third-order valence-corrected chi connectivity index (χ3v) is 9.94. The van der Waals surface area contributed by atoms with Crippen LogP contribution >= 0.6 is 0 Å². The smallest absolute Gasteiger partial charge is 0.252 e. The quantitative estimate of drug-likeness (QED) is 0.617. The number of rotatable bonds is 6. The molecule has 3 heterocycles. The monoisotopic (exact) mass is 523 g/mol. The molecule has 8 nitrogen and oxygen atoms in total. The molecule has 3 atom stereocenters. The minimum atomic E-state index is -1.00. The minimum absolute atomic E-state index is 0.00425. The number of likely N-dealkylation sites (tertiary alicyclic amines) is 2. The van der Waals surface area contributed by atoms with E-state index in [0.717, 1.165) is 38.4 Å². The van der Waals surface area contributed by atoms with E-state index in [9.17, 15) is 14.4 Å². The molecule has 206 valence electrons. The first-order chi connectivity index (χ1) is 18.5. The van der Waals surface area contributed by atoms with Gasteiger partial charge in [0.15, 0.2) is 5.78 Å². The molecule has 2 amide bonds. The fourth-order valence-electron chi connectivity index (χ4n) is 7.40. The van der Waals surface area contributed by atoms with E-state index in [2.05, 4.69) is 22.3 Å². The molecule has 6 rings (SSSR count). The minimum Gasteiger partial charge on any atom is -0.377 e. The van der Waals surface area contributed by atoms with Gasteiger partial charge in [0.2, 0.25) is 5.91 Å². The number of carbonyl (C=O) groups is 3. The number of piperidine rings is 1. The Labute approximate surface area is 225 Å². The second-order valence-electron chi connectivity index (χ2n) is 12.0. The van der Waals surface area contributed by atoms with Gasteiger partial charge < -0.3 is 24.6 Å². The SMILES string of the molecule is CO[C@H]1CN(C(=O)C2(NC(=O)c3ccc(C4CCN(C5CCC5)CC4)cc3)CCCCC2)[C@@H]2C(=O)CO[C@H]12. The molecule has 0 aromatic heterocycles. The summed E-state index contributed by atoms with van der Waals surface area (Å²) >= 11 is 0. The number of Topliss-reactive ketones (excluding diaryl/α,β-unsaturated/α-hetero) is 1. The molecule has 2 saturated carbocycles. The normalized spacial score (nSPS) is 30.2. The van der Waals surface area contributed by atoms with E-state index < -0.39 is 17.7 Å². The van der Waals surface area contributed by atoms with Gasteiger partial charge in [0.1, 0.15) is 30.4 Å². The van der Waals surface area contributed by atoms with Crippen molar-refractivity contribution >= 4 is 17.6 Å². The van der Waals surface area contributed by atoms with Crippen LogP contribution in [0, 0.1) is 0 Å². The average molecular weight is 524 g/mol. The van der Waals surface area contributed by atoms with Crippen molar-refractivity contribution in [2.24, 2.45) is 0 Å². The number of ketones is 1. The van der Waals surface area contributed by atoms with Crippen LogP contribution in [-0.4, -0.2) is 90.6 Å². The highest BCUT2D eigenvalue weighted by Crippen LogP contribution is 2.37. The van der Waals surface area contributed by atoms with Crippen molar-refractivity contribution in [3.05, 3.63) is 35.4 Å². The van der Waals surface area contributed by atoms with Gasteiger partial charge in [-0.25, -0.2) is 0 Å². The number of nitrogens with one attached hydrogen (secondary N) is 1. The fraction of sp³-hybridized carbons (Fsp3) is 0.700. The maximum Gasteiger partial charge on any atom is 0.252 e. The topological polar surface area (TPSA) is 88.2 Å². The summed E-state index contributed by atoms with van der Waals surface area (Å²) in [6.07, 6.45) is 9.59. The van der Waals surface area contributed by atoms with Crippen LogP contribution in [0.2, 0.25) is 0 Å². The summed E-state index contributed by atoms with van der Waals surface area (Å²) in [7, 11) is 1.58. The van der Waals surface area contributed by atoms with E-state index in [1.54, 1.807) is 12.0 Å². The first kappa shape index (κ1) is 26.0. The fourth-order valence-corrected chi connectivity index (χ4v) is 7.40. The van der Waals surface area contributed by atoms with E-state index in [0.29, 0.717) is 30.9 Å². The number of fused-ring (bicyclic) bond motifs is 1. The van der Waals surface area contributed by atoms with Crippen LogP contribution < -0.4 is 5.32 Å². The number of amides is 2. The maximum atomic E-state index is 14.0. The number of carbonyl (C=O) groups excluding carboxylic acids is 3. The number of hydrogen-bond donors (Lipinski definition) is 1. The second kappa shape index (κ2) is 10.7. The predicted octanol–water partition coefficient (Wildman–Crippen LogP) is 3.04. The summed E-state index contributed by atoms with van der Waals surface area (Å²) in [4.78, 5) is 44.4. The van der Waals surface area contributed by atoms with Crippen LogP contribution in [0.4, 0.5) is 0 Å². The van der Waals surface area contributed by atoms with Gasteiger partial charge in [0.25, 0.3) is 5.91 Å². The first-order valence-electron chi connectivity index (χ1n) is 14.6. The Morgan fingerprint density at radius 1 is 1.00 bits per heavy atom. The molecule has 0 bridgehead atoms. The van der Waals surface area contributed by atoms with Crippen LogP contribution in [-0.2, 0) is 19.1 Å². The standard InChI is InChI=1S/C30H41N3O5/c1-37-25-18-33(26-24(34)19-38-27(25)26)29(36)30(14-3-2-4-15-30)31-28(35)22-10-8-20(9-11-22)21-12-16-32(17-13-21)23-6-5-7-23/h8-11,21,23,25-27H,2-7,12-19H2,1H3,(H,31,35)/t25-,26+,27+/m0/s1. The highest BCUT2D eigenvalue weighted by atomic mass is 16.5. The van der Waals surface area contributed by atoms with Crippen molar-refractivity contribution in [3.8, 4) is 0 Å². The zero-order chi connectivity index (χ0) is 26.3. The molecule has 5 aliphatic rings. The second-order valence-corrected chi connectivity index (χ2v) is 12.0. The summed E-state index contributed by atoms with van der Waals surface area (Å²) in [5.41, 5.74) is 0.873. The lowest BCUT2D eigenvalue weighted by molar-refractivity contribution is -0.143. The van der Waals surface area contributed by atoms with E-state index >= 15 is 0 Å². The molecule has 0 unspecified atom stereocenters. The highest BCUT2D eigenvalue weighted by Gasteiger charge is 2.56. The van der Waals surface area contributed by atoms with Crippen molar-refractivity contribution in [1.29, 1.82) is 0 Å². The number of nitrogens with zero attached hydrogens (tertiary/aromatic N) is 2. The zero-order valence-electron chi connectivity index (χ0n) is 22.5. The van der Waals surface area contributed by atoms with Gasteiger partial charge >= 0.3 is 0 Å². The third kappa shape index (κ3) is 4.69. The Kier molecular flexibility index (Phi) is 7.31. The Bertz CT molecular complexity index is 1040. The van der Waals surface area contributed by atoms with Crippen LogP contribution in [0.1, 0.15) is 86.0 Å². The van der Waals surface area contributed by atoms with Crippen molar-refractivity contribution in [1.82, 2.24) is 15.1 Å². The molecule has 1 aromatic carbocycles. The molecule has 1 N–H and O–H groups in total. The molecule has 2 aliphatic carbocycles. The maximum absolute atomic E-state index is 14.0. The van der Waals surface area contributed by atoms with E-state index in [-0.39, 0.29) is 30.3 Å². The first-order valence-corrected chi connectivity index (χ1v) is 14.6. The Balaban J connectivity index is 1.14. The van der Waals surface area contributed by atoms with Gasteiger partial charge in [-0.3, -0.25) is 14.4 Å². The number of ether oxygens (including phenoxy) is 2. The van der Waals surface area contributed by atoms with Gasteiger partial charge in [-0.15, -0.1) is 0 Å². The van der Waals surface area contributed by atoms with Crippen LogP contribution in [0.3, 0.4) is 0 Å². The molecule has 1 aromatic rings. The van der Waals surface area contributed by atoms with E-state index in [4.69, 9.17) is 9.47 Å². The van der Waals surface area contributed by atoms with E-state index in [1.165, 1.54) is 37.7 Å². The van der Waals surface area contributed by atoms with Crippen molar-refractivity contribution in [2.75, 3.05) is 33.4 Å². The Hall–Kier alpha value is -2.29. The van der Waals surface area contributed by atoms with Crippen LogP contribution in [0.25, 0.3) is 0 Å². The lowest BCUT2D eigenvalue weighted by Crippen LogP contribution is -2.62. The number of benzene rings is 1. The molecule has 3 saturated heterocycles. The molecule has 5 fully saturated rings. The van der Waals surface area contributed by atoms with Gasteiger partial charge in [-0.05, 0) is 75.2 Å². The number of hydrogen-bond acceptors (Lipinski definition) is 6. The van der Waals surface area contributed by atoms with E-state index in [1.807, 2.05) is 12.1 Å². The highest BCUT2D eigenvalue weighted by molar-refractivity contribution is 6.01. The van der Waals surface area contributed by atoms with Gasteiger partial charge in [-0.1, -0.05) is 37.8 Å². The molecule has 0 radical (unpaired) electrons. The molecular formula is C30H41N3O5. The summed E-state index contributed by atoms with van der Waals surface area (Å²) in [6.45, 7) is 2.64. The molecule has 3 aliphatic heterocycles. The van der Waals surface area contributed by atoms with Gasteiger partial charge in [0, 0.05) is 18.7 Å². The van der Waals surface area contributed by atoms with Gasteiger partial charge in [-0.2, -0.15) is 0 Å². The molecule has 0 spiro atoms. The van der Waals surface area contributed by atoms with Crippen LogP contribution in [0.5, 0.6) is 0 Å². The molecule has 8 heteroatoms. The lowest BCUT2D eigenvalue weighted by Gasteiger charge is -2.42. The average Bonchev–Trinajstić information content (AvgIpc) is 3.48. The predicted molar refractivity (Wildman–Crippen MR) is 142 cm³/mol. The van der Waals surface area contributed by atoms with Crippen molar-refractivity contribution in [2.45, 2.75) is 100.0 Å². The Morgan fingerprint density at radius 2 is 1.71 bits per heavy atom. The third-order valence-electron chi connectivity index (χ3n) is 9.94. The number of methoxy groups -OCH3 is 1. The Morgan fingerprint density at radius 3 is 2.34 bits per heavy atom. The molecular weight excluding hydrogens is 482 g/mol. The lowest BCUT2D eigenvalue weighted by atomic mass is 9.80. The summed E-state index contributed by atoms with van der Waals surface area (Å²) in [6, 6.07) is 8.19. The summed E-state index contributed by atoms with van der Waals surface area (Å²) in [5.74, 6) is 0.0560. The van der Waals surface area contributed by atoms with Crippen molar-refractivity contribution in [3.63, 3.8) is 0 Å². The van der Waals surface area contributed by atoms with Gasteiger partial charge in [0.05, 0.1) is 6.54 Å². The van der Waals surface area contributed by atoms with Crippen molar-refractivity contribution < 1.29 is 23.9 Å².